The van der Waals surface area contributed by atoms with Crippen molar-refractivity contribution in [3.8, 4) is 0 Å². The predicted octanol–water partition coefficient (Wildman–Crippen LogP) is 2.95. The predicted molar refractivity (Wildman–Crippen MR) is 119 cm³/mol. The fourth-order valence-electron chi connectivity index (χ4n) is 2.97. The molecule has 1 amide bonds. The number of nitrogens with zero attached hydrogens (tertiary/aromatic N) is 3. The molecule has 2 N–H and O–H groups in total. The molecular formula is C22H39N5O. The highest BCUT2D eigenvalue weighted by Gasteiger charge is 2.08. The van der Waals surface area contributed by atoms with Crippen molar-refractivity contribution in [3.05, 3.63) is 35.4 Å². The number of guanidine groups is 1. The van der Waals surface area contributed by atoms with Gasteiger partial charge in [-0.15, -0.1) is 0 Å². The molecule has 1 unspecified atom stereocenters. The third kappa shape index (κ3) is 8.74. The van der Waals surface area contributed by atoms with Crippen LogP contribution in [0, 0.1) is 0 Å². The summed E-state index contributed by atoms with van der Waals surface area (Å²) < 4.78 is 0. The summed E-state index contributed by atoms with van der Waals surface area (Å²) in [6, 6.07) is 8.04. The molecule has 0 radical (unpaired) electrons. The Kier molecular flexibility index (Phi) is 11.3. The van der Waals surface area contributed by atoms with Gasteiger partial charge in [0.05, 0.1) is 6.54 Å². The summed E-state index contributed by atoms with van der Waals surface area (Å²) >= 11 is 0. The zero-order valence-corrected chi connectivity index (χ0v) is 18.6. The number of aliphatic imine (C=N–C) groups is 1. The Labute approximate surface area is 171 Å². The molecule has 0 aliphatic heterocycles. The zero-order chi connectivity index (χ0) is 20.9. The van der Waals surface area contributed by atoms with Gasteiger partial charge in [-0.1, -0.05) is 26.0 Å². The van der Waals surface area contributed by atoms with Crippen LogP contribution >= 0.6 is 0 Å². The van der Waals surface area contributed by atoms with Gasteiger partial charge >= 0.3 is 0 Å². The summed E-state index contributed by atoms with van der Waals surface area (Å²) in [5.74, 6) is 0.856. The zero-order valence-electron chi connectivity index (χ0n) is 18.6. The fraction of sp³-hybridized carbons (Fsp3) is 0.636. The molecular weight excluding hydrogens is 350 g/mol. The molecule has 158 valence electrons. The van der Waals surface area contributed by atoms with Crippen molar-refractivity contribution in [2.24, 2.45) is 4.99 Å². The molecule has 1 aromatic carbocycles. The first-order chi connectivity index (χ1) is 13.4. The van der Waals surface area contributed by atoms with Crippen molar-refractivity contribution in [1.29, 1.82) is 0 Å². The Hall–Kier alpha value is -2.08. The van der Waals surface area contributed by atoms with Gasteiger partial charge in [-0.3, -0.25) is 4.79 Å². The molecule has 0 fully saturated rings. The molecule has 1 rings (SSSR count). The molecule has 6 heteroatoms. The number of carbonyl (C=O) groups excluding carboxylic acids is 1. The molecule has 0 aromatic heterocycles. The van der Waals surface area contributed by atoms with E-state index in [0.717, 1.165) is 44.1 Å². The first-order valence-corrected chi connectivity index (χ1v) is 10.5. The van der Waals surface area contributed by atoms with Gasteiger partial charge in [0.15, 0.2) is 5.96 Å². The van der Waals surface area contributed by atoms with Gasteiger partial charge in [-0.2, -0.15) is 0 Å². The van der Waals surface area contributed by atoms with Gasteiger partial charge < -0.3 is 20.4 Å². The van der Waals surface area contributed by atoms with Crippen LogP contribution in [-0.4, -0.2) is 68.0 Å². The Bertz CT molecular complexity index is 593. The lowest BCUT2D eigenvalue weighted by molar-refractivity contribution is 0.0827. The van der Waals surface area contributed by atoms with Crippen LogP contribution in [0.1, 0.15) is 56.5 Å². The topological polar surface area (TPSA) is 60.0 Å². The summed E-state index contributed by atoms with van der Waals surface area (Å²) in [6.07, 6.45) is 2.29. The second-order valence-electron chi connectivity index (χ2n) is 7.31. The molecule has 1 aromatic rings. The smallest absolute Gasteiger partial charge is 0.253 e. The molecule has 0 saturated carbocycles. The number of carbonyl (C=O) groups is 1. The van der Waals surface area contributed by atoms with Crippen LogP contribution in [-0.2, 0) is 6.54 Å². The molecule has 0 spiro atoms. The van der Waals surface area contributed by atoms with Crippen molar-refractivity contribution in [3.63, 3.8) is 0 Å². The minimum absolute atomic E-state index is 0.0172. The minimum atomic E-state index is 0.0172. The lowest BCUT2D eigenvalue weighted by Gasteiger charge is -2.21. The number of benzene rings is 1. The van der Waals surface area contributed by atoms with Gasteiger partial charge in [0.2, 0.25) is 0 Å². The van der Waals surface area contributed by atoms with Crippen LogP contribution in [0.3, 0.4) is 0 Å². The van der Waals surface area contributed by atoms with Gasteiger partial charge in [0.25, 0.3) is 5.91 Å². The highest BCUT2D eigenvalue weighted by molar-refractivity contribution is 5.93. The SMILES string of the molecule is CCNC(=NCc1ccc(C(=O)N(C)C)cc1)NC(C)CCCN(CC)CC. The standard InChI is InChI=1S/C22H39N5O/c1-7-23-22(25-18(4)11-10-16-27(8-2)9-3)24-17-19-12-14-20(15-13-19)21(28)26(5)6/h12-15,18H,7-11,16-17H2,1-6H3,(H2,23,24,25). The normalized spacial score (nSPS) is 12.8. The van der Waals surface area contributed by atoms with E-state index in [1.807, 2.05) is 24.3 Å². The third-order valence-corrected chi connectivity index (χ3v) is 4.76. The second-order valence-corrected chi connectivity index (χ2v) is 7.31. The van der Waals surface area contributed by atoms with Crippen LogP contribution in [0.5, 0.6) is 0 Å². The van der Waals surface area contributed by atoms with Gasteiger partial charge in [-0.25, -0.2) is 4.99 Å². The van der Waals surface area contributed by atoms with Crippen molar-refractivity contribution in [1.82, 2.24) is 20.4 Å². The lowest BCUT2D eigenvalue weighted by atomic mass is 10.1. The molecule has 0 heterocycles. The van der Waals surface area contributed by atoms with Crippen LogP contribution in [0.2, 0.25) is 0 Å². The van der Waals surface area contributed by atoms with E-state index in [-0.39, 0.29) is 5.91 Å². The van der Waals surface area contributed by atoms with E-state index in [1.165, 1.54) is 6.42 Å². The molecule has 0 saturated heterocycles. The van der Waals surface area contributed by atoms with E-state index < -0.39 is 0 Å². The van der Waals surface area contributed by atoms with E-state index in [1.54, 1.807) is 19.0 Å². The highest BCUT2D eigenvalue weighted by Crippen LogP contribution is 2.08. The Balaban J connectivity index is 2.57. The summed E-state index contributed by atoms with van der Waals surface area (Å²) in [5.41, 5.74) is 1.78. The van der Waals surface area contributed by atoms with Gasteiger partial charge in [-0.05, 0) is 64.0 Å². The van der Waals surface area contributed by atoms with Crippen molar-refractivity contribution in [2.45, 2.75) is 53.1 Å². The monoisotopic (exact) mass is 389 g/mol. The summed E-state index contributed by atoms with van der Waals surface area (Å²) in [5, 5.41) is 6.82. The maximum Gasteiger partial charge on any atom is 0.253 e. The molecule has 0 bridgehead atoms. The van der Waals surface area contributed by atoms with Crippen LogP contribution in [0.4, 0.5) is 0 Å². The quantitative estimate of drug-likeness (QED) is 0.451. The second kappa shape index (κ2) is 13.2. The number of amides is 1. The van der Waals surface area contributed by atoms with E-state index in [0.29, 0.717) is 18.2 Å². The number of nitrogens with one attached hydrogen (secondary N) is 2. The van der Waals surface area contributed by atoms with Crippen molar-refractivity contribution in [2.75, 3.05) is 40.3 Å². The van der Waals surface area contributed by atoms with E-state index in [2.05, 4.69) is 43.2 Å². The number of hydrogen-bond acceptors (Lipinski definition) is 3. The van der Waals surface area contributed by atoms with E-state index in [9.17, 15) is 4.79 Å². The average molecular weight is 390 g/mol. The highest BCUT2D eigenvalue weighted by atomic mass is 16.2. The Morgan fingerprint density at radius 1 is 1.11 bits per heavy atom. The number of hydrogen-bond donors (Lipinski definition) is 2. The van der Waals surface area contributed by atoms with Crippen LogP contribution in [0.25, 0.3) is 0 Å². The van der Waals surface area contributed by atoms with Gasteiger partial charge in [0.1, 0.15) is 0 Å². The Morgan fingerprint density at radius 3 is 2.29 bits per heavy atom. The van der Waals surface area contributed by atoms with E-state index in [4.69, 9.17) is 4.99 Å². The third-order valence-electron chi connectivity index (χ3n) is 4.76. The molecule has 28 heavy (non-hydrogen) atoms. The first kappa shape index (κ1) is 24.0. The Morgan fingerprint density at radius 2 is 1.75 bits per heavy atom. The van der Waals surface area contributed by atoms with Gasteiger partial charge in [0, 0.05) is 32.2 Å². The summed E-state index contributed by atoms with van der Waals surface area (Å²) in [6.45, 7) is 13.5. The largest absolute Gasteiger partial charge is 0.357 e. The van der Waals surface area contributed by atoms with Crippen molar-refractivity contribution < 1.29 is 4.79 Å². The van der Waals surface area contributed by atoms with E-state index >= 15 is 0 Å². The minimum Gasteiger partial charge on any atom is -0.357 e. The summed E-state index contributed by atoms with van der Waals surface area (Å²) in [4.78, 5) is 20.7. The molecule has 0 aliphatic rings. The van der Waals surface area contributed by atoms with Crippen molar-refractivity contribution >= 4 is 11.9 Å². The first-order valence-electron chi connectivity index (χ1n) is 10.5. The lowest BCUT2D eigenvalue weighted by Crippen LogP contribution is -2.42. The molecule has 1 atom stereocenters. The maximum absolute atomic E-state index is 12.0. The van der Waals surface area contributed by atoms with Crippen LogP contribution in [0.15, 0.2) is 29.3 Å². The molecule has 0 aliphatic carbocycles. The van der Waals surface area contributed by atoms with Crippen LogP contribution < -0.4 is 10.6 Å². The fourth-order valence-corrected chi connectivity index (χ4v) is 2.97. The summed E-state index contributed by atoms with van der Waals surface area (Å²) in [7, 11) is 3.52. The average Bonchev–Trinajstić information content (AvgIpc) is 2.69. The molecule has 6 nitrogen and oxygen atoms in total. The maximum atomic E-state index is 12.0. The number of rotatable bonds is 11.